The average Bonchev–Trinajstić information content (AvgIpc) is 3.47. The van der Waals surface area contributed by atoms with E-state index in [0.29, 0.717) is 19.3 Å². The minimum absolute atomic E-state index is 0.00964. The van der Waals surface area contributed by atoms with Gasteiger partial charge in [0.05, 0.1) is 31.5 Å². The zero-order chi connectivity index (χ0) is 39.0. The van der Waals surface area contributed by atoms with Crippen molar-refractivity contribution < 1.29 is 59.8 Å². The lowest BCUT2D eigenvalue weighted by Gasteiger charge is -2.72. The first-order valence-corrected chi connectivity index (χ1v) is 20.0. The van der Waals surface area contributed by atoms with Crippen molar-refractivity contribution in [2.24, 2.45) is 45.3 Å². The molecule has 4 saturated carbocycles. The number of rotatable bonds is 9. The summed E-state index contributed by atoms with van der Waals surface area (Å²) in [6.45, 7) is 18.9. The first-order chi connectivity index (χ1) is 24.7. The zero-order valence-corrected chi connectivity index (χ0v) is 32.8. The summed E-state index contributed by atoms with van der Waals surface area (Å²) in [6, 6.07) is 0. The fourth-order valence-electron chi connectivity index (χ4n) is 12.7. The Labute approximate surface area is 315 Å². The zero-order valence-electron chi connectivity index (χ0n) is 32.8. The van der Waals surface area contributed by atoms with Gasteiger partial charge in [0, 0.05) is 0 Å². The summed E-state index contributed by atoms with van der Waals surface area (Å²) in [4.78, 5) is 0. The van der Waals surface area contributed by atoms with Crippen molar-refractivity contribution in [3.05, 3.63) is 23.8 Å². The largest absolute Gasteiger partial charge is 0.394 e. The molecule has 0 aromatic carbocycles. The fourth-order valence-corrected chi connectivity index (χ4v) is 12.7. The van der Waals surface area contributed by atoms with Crippen LogP contribution >= 0.6 is 0 Å². The molecule has 0 aromatic heterocycles. The molecule has 2 aliphatic heterocycles. The third-order valence-electron chi connectivity index (χ3n) is 15.7. The number of hydrogen-bond donors (Lipinski definition) is 8. The van der Waals surface area contributed by atoms with Crippen molar-refractivity contribution in [3.8, 4) is 0 Å². The van der Waals surface area contributed by atoms with Crippen molar-refractivity contribution in [1.29, 1.82) is 0 Å². The van der Waals surface area contributed by atoms with Crippen LogP contribution in [0.3, 0.4) is 0 Å². The highest BCUT2D eigenvalue weighted by atomic mass is 16.8. The summed E-state index contributed by atoms with van der Waals surface area (Å²) >= 11 is 0. The number of hydrogen-bond acceptors (Lipinski definition) is 12. The van der Waals surface area contributed by atoms with Gasteiger partial charge in [0.2, 0.25) is 0 Å². The van der Waals surface area contributed by atoms with E-state index in [9.17, 15) is 40.9 Å². The summed E-state index contributed by atoms with van der Waals surface area (Å²) in [5, 5.41) is 87.4. The molecule has 0 spiro atoms. The predicted molar refractivity (Wildman–Crippen MR) is 195 cm³/mol. The van der Waals surface area contributed by atoms with Gasteiger partial charge in [-0.1, -0.05) is 58.4 Å². The molecular formula is C41H68O12. The second-order valence-corrected chi connectivity index (χ2v) is 19.1. The highest BCUT2D eigenvalue weighted by Crippen LogP contribution is 2.76. The highest BCUT2D eigenvalue weighted by Gasteiger charge is 2.73. The third-order valence-corrected chi connectivity index (χ3v) is 15.7. The van der Waals surface area contributed by atoms with E-state index in [-0.39, 0.29) is 46.5 Å². The Bertz CT molecular complexity index is 1350. The number of fused-ring (bicyclic) bond motifs is 5. The third kappa shape index (κ3) is 6.82. The lowest BCUT2D eigenvalue weighted by atomic mass is 9.34. The molecular weight excluding hydrogens is 684 g/mol. The smallest absolute Gasteiger partial charge is 0.187 e. The van der Waals surface area contributed by atoms with E-state index >= 15 is 0 Å². The van der Waals surface area contributed by atoms with Crippen molar-refractivity contribution in [3.63, 3.8) is 0 Å². The number of allylic oxidation sites excluding steroid dienone is 3. The molecule has 0 bridgehead atoms. The van der Waals surface area contributed by atoms with Crippen LogP contribution in [0.4, 0.5) is 0 Å². The van der Waals surface area contributed by atoms with Gasteiger partial charge in [0.1, 0.15) is 42.7 Å². The fraction of sp³-hybridized carbons (Fsp3) is 0.902. The highest BCUT2D eigenvalue weighted by molar-refractivity contribution is 5.24. The standard InChI is InChI=1S/C41H68O12/c1-20(2)10-9-11-21(3)22-12-15-40(7)29(22)23(43)16-27-39(6)14-13-28(45)38(4,5)35(39)25(17-41(27,40)8)51-37-34(32(48)31(47)26(18-42)52-37)53-36-33(49)30(46)24(44)19-50-36/h10,22-37,42-49H,3,9,11-19H2,1-2,4-8H3/t22-,23-,24-,25+,26-,27-,28+,29+,30+,31-,32+,33-,34-,35+,36+,37-,39-,40-,41-/m1/s1. The summed E-state index contributed by atoms with van der Waals surface area (Å²) in [6.07, 6.45) is -6.47. The van der Waals surface area contributed by atoms with Crippen molar-refractivity contribution in [2.45, 2.75) is 173 Å². The van der Waals surface area contributed by atoms with Crippen LogP contribution in [0.5, 0.6) is 0 Å². The maximum Gasteiger partial charge on any atom is 0.187 e. The van der Waals surface area contributed by atoms with E-state index in [1.807, 2.05) is 0 Å². The number of aliphatic hydroxyl groups excluding tert-OH is 8. The molecule has 12 nitrogen and oxygen atoms in total. The Morgan fingerprint density at radius 1 is 0.830 bits per heavy atom. The van der Waals surface area contributed by atoms with Crippen LogP contribution in [-0.2, 0) is 18.9 Å². The summed E-state index contributed by atoms with van der Waals surface area (Å²) in [5.74, 6) is 0.0753. The number of ether oxygens (including phenoxy) is 4. The monoisotopic (exact) mass is 752 g/mol. The molecule has 0 radical (unpaired) electrons. The van der Waals surface area contributed by atoms with Gasteiger partial charge in [-0.15, -0.1) is 0 Å². The van der Waals surface area contributed by atoms with E-state index in [1.54, 1.807) is 0 Å². The Hall–Kier alpha value is -1.00. The van der Waals surface area contributed by atoms with Crippen molar-refractivity contribution >= 4 is 0 Å². The quantitative estimate of drug-likeness (QED) is 0.127. The van der Waals surface area contributed by atoms with Crippen LogP contribution in [0.2, 0.25) is 0 Å². The van der Waals surface area contributed by atoms with Crippen LogP contribution in [0.1, 0.15) is 99.8 Å². The molecule has 12 heteroatoms. The first kappa shape index (κ1) is 41.6. The molecule has 6 rings (SSSR count). The van der Waals surface area contributed by atoms with Crippen LogP contribution in [0.15, 0.2) is 23.8 Å². The second-order valence-electron chi connectivity index (χ2n) is 19.1. The van der Waals surface area contributed by atoms with Gasteiger partial charge in [-0.2, -0.15) is 0 Å². The van der Waals surface area contributed by atoms with Gasteiger partial charge < -0.3 is 59.8 Å². The molecule has 6 fully saturated rings. The summed E-state index contributed by atoms with van der Waals surface area (Å²) in [7, 11) is 0. The van der Waals surface area contributed by atoms with E-state index in [0.717, 1.165) is 32.1 Å². The molecule has 2 saturated heterocycles. The first-order valence-electron chi connectivity index (χ1n) is 20.0. The molecule has 8 N–H and O–H groups in total. The summed E-state index contributed by atoms with van der Waals surface area (Å²) in [5.41, 5.74) is 0.855. The van der Waals surface area contributed by atoms with Gasteiger partial charge in [0.25, 0.3) is 0 Å². The van der Waals surface area contributed by atoms with Gasteiger partial charge in [-0.05, 0) is 111 Å². The molecule has 4 aliphatic carbocycles. The number of aliphatic hydroxyl groups is 8. The van der Waals surface area contributed by atoms with Gasteiger partial charge in [0.15, 0.2) is 12.6 Å². The van der Waals surface area contributed by atoms with E-state index < -0.39 is 85.6 Å². The van der Waals surface area contributed by atoms with E-state index in [1.165, 1.54) is 11.1 Å². The molecule has 0 amide bonds. The summed E-state index contributed by atoms with van der Waals surface area (Å²) < 4.78 is 24.8. The normalized spacial score (nSPS) is 52.2. The van der Waals surface area contributed by atoms with Gasteiger partial charge in [-0.25, -0.2) is 0 Å². The van der Waals surface area contributed by atoms with Crippen LogP contribution in [0, 0.1) is 45.3 Å². The van der Waals surface area contributed by atoms with Crippen LogP contribution in [-0.4, -0.2) is 128 Å². The Balaban J connectivity index is 1.37. The molecule has 6 aliphatic rings. The molecule has 19 atom stereocenters. The lowest BCUT2D eigenvalue weighted by Crippen LogP contribution is -2.71. The molecule has 2 heterocycles. The lowest BCUT2D eigenvalue weighted by molar-refractivity contribution is -0.377. The SMILES string of the molecule is C=C(CCC=C(C)C)[C@H]1CC[C@]2(C)[C@@H]1[C@H](O)C[C@@H]1[C@@]3(C)CC[C@H](O)C(C)(C)[C@@H]3[C@@H](O[C@@H]3O[C@H](CO)[C@@H](O)[C@H](O)[C@H]3O[C@@H]3OC[C@@H](O)[C@H](O)[C@H]3O)C[C@]12C. The minimum Gasteiger partial charge on any atom is -0.394 e. The van der Waals surface area contributed by atoms with Gasteiger partial charge >= 0.3 is 0 Å². The maximum absolute atomic E-state index is 12.2. The van der Waals surface area contributed by atoms with Crippen LogP contribution in [0.25, 0.3) is 0 Å². The molecule has 0 unspecified atom stereocenters. The second kappa shape index (κ2) is 15.1. The van der Waals surface area contributed by atoms with Crippen LogP contribution < -0.4 is 0 Å². The van der Waals surface area contributed by atoms with E-state index in [2.05, 4.69) is 61.1 Å². The predicted octanol–water partition coefficient (Wildman–Crippen LogP) is 2.56. The van der Waals surface area contributed by atoms with Gasteiger partial charge in [-0.3, -0.25) is 0 Å². The molecule has 53 heavy (non-hydrogen) atoms. The average molecular weight is 753 g/mol. The topological polar surface area (TPSA) is 199 Å². The van der Waals surface area contributed by atoms with E-state index in [4.69, 9.17) is 18.9 Å². The van der Waals surface area contributed by atoms with Crippen molar-refractivity contribution in [2.75, 3.05) is 13.2 Å². The molecule has 304 valence electrons. The maximum atomic E-state index is 12.2. The minimum atomic E-state index is -1.66. The van der Waals surface area contributed by atoms with Crippen molar-refractivity contribution in [1.82, 2.24) is 0 Å². The Morgan fingerprint density at radius 3 is 2.19 bits per heavy atom. The Kier molecular flexibility index (Phi) is 11.8. The molecule has 0 aromatic rings. The Morgan fingerprint density at radius 2 is 1.53 bits per heavy atom.